The van der Waals surface area contributed by atoms with Crippen molar-refractivity contribution in [2.75, 3.05) is 5.32 Å². The van der Waals surface area contributed by atoms with Gasteiger partial charge in [-0.1, -0.05) is 53.7 Å². The third-order valence-corrected chi connectivity index (χ3v) is 12.3. The average Bonchev–Trinajstić information content (AvgIpc) is 2.84. The highest BCUT2D eigenvalue weighted by Gasteiger charge is 2.53. The fourth-order valence-corrected chi connectivity index (χ4v) is 8.18. The minimum atomic E-state index is -3.54. The van der Waals surface area contributed by atoms with Crippen LogP contribution >= 0.6 is 15.9 Å². The summed E-state index contributed by atoms with van der Waals surface area (Å²) in [5.41, 5.74) is -0.814. The van der Waals surface area contributed by atoms with Crippen molar-refractivity contribution in [2.24, 2.45) is 5.41 Å². The molecule has 10 heteroatoms. The molecule has 3 aromatic rings. The minimum absolute atomic E-state index is 0.123. The molecule has 38 heavy (non-hydrogen) atoms. The largest absolute Gasteiger partial charge is 0.407 e. The van der Waals surface area contributed by atoms with Gasteiger partial charge in [0.15, 0.2) is 8.32 Å². The Morgan fingerprint density at radius 2 is 1.71 bits per heavy atom. The fourth-order valence-electron chi connectivity index (χ4n) is 4.84. The molecular weight excluding hydrogens is 573 g/mol. The van der Waals surface area contributed by atoms with Crippen LogP contribution in [0.5, 0.6) is 0 Å². The molecule has 1 aromatic carbocycles. The van der Waals surface area contributed by atoms with Gasteiger partial charge in [-0.05, 0) is 65.5 Å². The molecule has 2 atom stereocenters. The van der Waals surface area contributed by atoms with Gasteiger partial charge in [0, 0.05) is 10.9 Å². The molecule has 0 aliphatic rings. The van der Waals surface area contributed by atoms with E-state index in [2.05, 4.69) is 36.2 Å². The number of hydrogen-bond acceptors (Lipinski definition) is 5. The molecule has 2 heterocycles. The third-order valence-electron chi connectivity index (χ3n) is 7.28. The lowest BCUT2D eigenvalue weighted by molar-refractivity contribution is -0.149. The number of halogens is 4. The Kier molecular flexibility index (Phi) is 9.31. The molecule has 0 saturated carbocycles. The SMILES string of the molecule is CC[Si](CC)(CC)OC(C(C)(C)C)C(F)(F)c1cccc(C(C)Nc2nc(C)nc3cnc(Br)cc23)c1F. The highest BCUT2D eigenvalue weighted by molar-refractivity contribution is 9.10. The Bertz CT molecular complexity index is 1270. The number of anilines is 1. The number of benzene rings is 1. The van der Waals surface area contributed by atoms with E-state index < -0.39 is 43.2 Å². The van der Waals surface area contributed by atoms with Crippen molar-refractivity contribution in [3.63, 3.8) is 0 Å². The topological polar surface area (TPSA) is 59.9 Å². The Balaban J connectivity index is 2.04. The number of alkyl halides is 2. The Morgan fingerprint density at radius 3 is 2.29 bits per heavy atom. The molecule has 0 bridgehead atoms. The van der Waals surface area contributed by atoms with Gasteiger partial charge in [-0.15, -0.1) is 0 Å². The molecule has 0 aliphatic heterocycles. The molecule has 3 rings (SSSR count). The highest BCUT2D eigenvalue weighted by Crippen LogP contribution is 2.46. The van der Waals surface area contributed by atoms with Crippen LogP contribution in [0.4, 0.5) is 19.0 Å². The quantitative estimate of drug-likeness (QED) is 0.183. The van der Waals surface area contributed by atoms with E-state index in [1.54, 1.807) is 46.9 Å². The van der Waals surface area contributed by atoms with E-state index in [1.807, 2.05) is 20.8 Å². The lowest BCUT2D eigenvalue weighted by Crippen LogP contribution is -2.51. The molecular formula is C28H38BrF3N4OSi. The molecule has 208 valence electrons. The number of fused-ring (bicyclic) bond motifs is 1. The third kappa shape index (κ3) is 6.23. The number of nitrogens with one attached hydrogen (secondary N) is 1. The number of aryl methyl sites for hydroxylation is 1. The lowest BCUT2D eigenvalue weighted by atomic mass is 9.82. The fraction of sp³-hybridized carbons (Fsp3) is 0.536. The van der Waals surface area contributed by atoms with Crippen LogP contribution in [0.2, 0.25) is 18.1 Å². The monoisotopic (exact) mass is 610 g/mol. The van der Waals surface area contributed by atoms with Crippen molar-refractivity contribution in [1.29, 1.82) is 0 Å². The van der Waals surface area contributed by atoms with E-state index in [4.69, 9.17) is 4.43 Å². The number of pyridine rings is 1. The van der Waals surface area contributed by atoms with Crippen LogP contribution < -0.4 is 5.32 Å². The summed E-state index contributed by atoms with van der Waals surface area (Å²) in [5, 5.41) is 3.89. The summed E-state index contributed by atoms with van der Waals surface area (Å²) in [6.07, 6.45) is 0.151. The van der Waals surface area contributed by atoms with E-state index in [0.29, 0.717) is 27.1 Å². The summed E-state index contributed by atoms with van der Waals surface area (Å²) in [6, 6.07) is 7.47. The first-order valence-electron chi connectivity index (χ1n) is 13.1. The lowest BCUT2D eigenvalue weighted by Gasteiger charge is -2.43. The summed E-state index contributed by atoms with van der Waals surface area (Å²) >= 11 is 3.36. The van der Waals surface area contributed by atoms with E-state index >= 15 is 13.2 Å². The maximum Gasteiger partial charge on any atom is 0.300 e. The summed E-state index contributed by atoms with van der Waals surface area (Å²) in [7, 11) is -2.41. The Morgan fingerprint density at radius 1 is 1.08 bits per heavy atom. The molecule has 0 spiro atoms. The summed E-state index contributed by atoms with van der Waals surface area (Å²) in [5.74, 6) is -3.49. The Hall–Kier alpha value is -2.04. The average molecular weight is 612 g/mol. The first-order valence-corrected chi connectivity index (χ1v) is 16.4. The molecule has 0 aliphatic carbocycles. The summed E-state index contributed by atoms with van der Waals surface area (Å²) < 4.78 is 55.6. The van der Waals surface area contributed by atoms with E-state index in [-0.39, 0.29) is 5.56 Å². The molecule has 0 saturated heterocycles. The van der Waals surface area contributed by atoms with E-state index in [0.717, 1.165) is 18.1 Å². The van der Waals surface area contributed by atoms with Crippen LogP contribution in [0.15, 0.2) is 35.1 Å². The van der Waals surface area contributed by atoms with Crippen LogP contribution in [0, 0.1) is 18.2 Å². The second-order valence-electron chi connectivity index (χ2n) is 10.9. The van der Waals surface area contributed by atoms with Gasteiger partial charge in [0.1, 0.15) is 28.2 Å². The van der Waals surface area contributed by atoms with E-state index in [9.17, 15) is 0 Å². The normalized spacial score (nSPS) is 14.5. The number of aromatic nitrogens is 3. The van der Waals surface area contributed by atoms with Gasteiger partial charge in [-0.2, -0.15) is 8.78 Å². The summed E-state index contributed by atoms with van der Waals surface area (Å²) in [6.45, 7) is 14.7. The zero-order valence-corrected chi connectivity index (χ0v) is 26.0. The smallest absolute Gasteiger partial charge is 0.300 e. The molecule has 5 nitrogen and oxygen atoms in total. The van der Waals surface area contributed by atoms with Gasteiger partial charge in [0.2, 0.25) is 0 Å². The number of nitrogens with zero attached hydrogens (tertiary/aromatic N) is 3. The predicted octanol–water partition coefficient (Wildman–Crippen LogP) is 8.94. The summed E-state index contributed by atoms with van der Waals surface area (Å²) in [4.78, 5) is 13.1. The number of rotatable bonds is 10. The van der Waals surface area contributed by atoms with Crippen LogP contribution in [-0.2, 0) is 10.3 Å². The number of hydrogen-bond donors (Lipinski definition) is 1. The van der Waals surface area contributed by atoms with Crippen molar-refractivity contribution < 1.29 is 17.6 Å². The highest BCUT2D eigenvalue weighted by atomic mass is 79.9. The van der Waals surface area contributed by atoms with Crippen molar-refractivity contribution in [1.82, 2.24) is 15.0 Å². The van der Waals surface area contributed by atoms with Gasteiger partial charge < -0.3 is 9.74 Å². The van der Waals surface area contributed by atoms with Gasteiger partial charge in [0.05, 0.1) is 23.3 Å². The first-order chi connectivity index (χ1) is 17.7. The van der Waals surface area contributed by atoms with Gasteiger partial charge in [-0.3, -0.25) is 0 Å². The van der Waals surface area contributed by atoms with Crippen LogP contribution in [-0.4, -0.2) is 29.4 Å². The zero-order valence-electron chi connectivity index (χ0n) is 23.4. The van der Waals surface area contributed by atoms with Crippen molar-refractivity contribution in [3.8, 4) is 0 Å². The first kappa shape index (κ1) is 30.5. The van der Waals surface area contributed by atoms with Crippen molar-refractivity contribution in [3.05, 3.63) is 57.8 Å². The van der Waals surface area contributed by atoms with Gasteiger partial charge >= 0.3 is 5.92 Å². The van der Waals surface area contributed by atoms with Crippen LogP contribution in [0.25, 0.3) is 10.9 Å². The van der Waals surface area contributed by atoms with Crippen molar-refractivity contribution >= 4 is 41.0 Å². The predicted molar refractivity (Wildman–Crippen MR) is 154 cm³/mol. The molecule has 0 amide bonds. The maximum absolute atomic E-state index is 16.3. The second kappa shape index (κ2) is 11.6. The minimum Gasteiger partial charge on any atom is -0.407 e. The van der Waals surface area contributed by atoms with Gasteiger partial charge in [0.25, 0.3) is 0 Å². The van der Waals surface area contributed by atoms with Gasteiger partial charge in [-0.25, -0.2) is 19.3 Å². The molecule has 0 fully saturated rings. The van der Waals surface area contributed by atoms with E-state index in [1.165, 1.54) is 18.2 Å². The molecule has 2 aromatic heterocycles. The zero-order chi connectivity index (χ0) is 28.5. The van der Waals surface area contributed by atoms with Crippen molar-refractivity contribution in [2.45, 2.75) is 91.6 Å². The second-order valence-corrected chi connectivity index (χ2v) is 16.5. The standard InChI is InChI=1S/C28H38BrF3N4OSi/c1-9-38(10-2,11-3)37-26(27(6,7)8)28(31,32)21-14-12-13-19(24(21)30)17(4)34-25-20-15-23(29)33-16-22(20)35-18(5)36-25/h12-17,26H,9-11H2,1-8H3,(H,34,35,36). The maximum atomic E-state index is 16.3. The molecule has 1 N–H and O–H groups in total. The molecule has 0 radical (unpaired) electrons. The van der Waals surface area contributed by atoms with Crippen LogP contribution in [0.1, 0.15) is 71.5 Å². The Labute approximate surface area is 233 Å². The van der Waals surface area contributed by atoms with Crippen LogP contribution in [0.3, 0.4) is 0 Å². The molecule has 2 unspecified atom stereocenters.